The van der Waals surface area contributed by atoms with Crippen molar-refractivity contribution in [2.45, 2.75) is 32.8 Å². The van der Waals surface area contributed by atoms with E-state index in [4.69, 9.17) is 9.72 Å². The number of benzene rings is 3. The van der Waals surface area contributed by atoms with Crippen molar-refractivity contribution in [3.63, 3.8) is 0 Å². The van der Waals surface area contributed by atoms with Gasteiger partial charge in [0.1, 0.15) is 18.2 Å². The van der Waals surface area contributed by atoms with Gasteiger partial charge in [-0.05, 0) is 54.4 Å². The Bertz CT molecular complexity index is 1460. The topological polar surface area (TPSA) is 59.7 Å². The molecular formula is C28H28Br2N4O2. The van der Waals surface area contributed by atoms with Crippen LogP contribution in [0.25, 0.3) is 10.9 Å². The van der Waals surface area contributed by atoms with E-state index in [9.17, 15) is 4.79 Å². The zero-order valence-corrected chi connectivity index (χ0v) is 23.9. The van der Waals surface area contributed by atoms with Crippen molar-refractivity contribution in [2.24, 2.45) is 5.10 Å². The Hall–Kier alpha value is -2.97. The quantitative estimate of drug-likeness (QED) is 0.202. The Balaban J connectivity index is 1.76. The van der Waals surface area contributed by atoms with Gasteiger partial charge in [-0.25, -0.2) is 4.98 Å². The fraction of sp³-hybridized carbons (Fsp3) is 0.250. The molecular weight excluding hydrogens is 584 g/mol. The fourth-order valence-electron chi connectivity index (χ4n) is 3.67. The number of rotatable bonds is 8. The minimum atomic E-state index is -0.199. The monoisotopic (exact) mass is 610 g/mol. The largest absolute Gasteiger partial charge is 0.488 e. The van der Waals surface area contributed by atoms with Crippen LogP contribution in [0.5, 0.6) is 5.75 Å². The average molecular weight is 612 g/mol. The van der Waals surface area contributed by atoms with Gasteiger partial charge in [0.2, 0.25) is 0 Å². The highest BCUT2D eigenvalue weighted by molar-refractivity contribution is 9.10. The second-order valence-electron chi connectivity index (χ2n) is 8.83. The number of hydrogen-bond acceptors (Lipinski definition) is 5. The minimum Gasteiger partial charge on any atom is -0.488 e. The van der Waals surface area contributed by atoms with Crippen LogP contribution < -0.4 is 15.2 Å². The molecule has 0 aliphatic heterocycles. The molecule has 3 aromatic carbocycles. The summed E-state index contributed by atoms with van der Waals surface area (Å²) < 4.78 is 9.48. The first-order chi connectivity index (χ1) is 17.3. The van der Waals surface area contributed by atoms with Crippen LogP contribution in [0.2, 0.25) is 0 Å². The van der Waals surface area contributed by atoms with Gasteiger partial charge in [0.15, 0.2) is 0 Å². The summed E-state index contributed by atoms with van der Waals surface area (Å²) in [5, 5.41) is 5.15. The maximum absolute atomic E-state index is 13.5. The molecule has 0 aliphatic rings. The second-order valence-corrected chi connectivity index (χ2v) is 10.7. The van der Waals surface area contributed by atoms with Crippen molar-refractivity contribution in [3.05, 3.63) is 96.9 Å². The Morgan fingerprint density at radius 2 is 1.78 bits per heavy atom. The molecule has 0 unspecified atom stereocenters. The summed E-state index contributed by atoms with van der Waals surface area (Å²) in [6.45, 7) is 4.54. The summed E-state index contributed by atoms with van der Waals surface area (Å²) in [4.78, 5) is 20.3. The highest BCUT2D eigenvalue weighted by atomic mass is 79.9. The SMILES string of the molecule is CC[C@@H](C)c1nc2ccc(Br)cc2c(=O)n1N=Cc1ccc(N(C)C)cc1OCc1ccc(Br)cc1. The number of halogens is 2. The van der Waals surface area contributed by atoms with E-state index in [1.54, 1.807) is 12.3 Å². The molecule has 0 saturated heterocycles. The number of fused-ring (bicyclic) bond motifs is 1. The molecule has 1 aromatic heterocycles. The van der Waals surface area contributed by atoms with Gasteiger partial charge in [0, 0.05) is 46.3 Å². The predicted octanol–water partition coefficient (Wildman–Crippen LogP) is 6.96. The van der Waals surface area contributed by atoms with Gasteiger partial charge in [-0.15, -0.1) is 0 Å². The second kappa shape index (κ2) is 11.4. The average Bonchev–Trinajstić information content (AvgIpc) is 2.87. The van der Waals surface area contributed by atoms with E-state index >= 15 is 0 Å². The van der Waals surface area contributed by atoms with E-state index < -0.39 is 0 Å². The molecule has 0 aliphatic carbocycles. The Morgan fingerprint density at radius 1 is 1.06 bits per heavy atom. The molecule has 36 heavy (non-hydrogen) atoms. The number of hydrogen-bond donors (Lipinski definition) is 0. The smallest absolute Gasteiger partial charge is 0.282 e. The lowest BCUT2D eigenvalue weighted by Gasteiger charge is -2.17. The summed E-state index contributed by atoms with van der Waals surface area (Å²) in [6.07, 6.45) is 2.51. The lowest BCUT2D eigenvalue weighted by Crippen LogP contribution is -2.23. The standard InChI is InChI=1S/C28H28Br2N4O2/c1-5-18(2)27-32-25-13-11-22(30)14-24(25)28(35)34(27)31-16-20-8-12-23(33(3)4)15-26(20)36-17-19-6-9-21(29)10-7-19/h6-16,18H,5,17H2,1-4H3/t18-/m1/s1. The van der Waals surface area contributed by atoms with Gasteiger partial charge in [-0.3, -0.25) is 4.79 Å². The number of anilines is 1. The van der Waals surface area contributed by atoms with Gasteiger partial charge in [0.05, 0.1) is 17.1 Å². The molecule has 1 heterocycles. The predicted molar refractivity (Wildman–Crippen MR) is 155 cm³/mol. The summed E-state index contributed by atoms with van der Waals surface area (Å²) in [5.74, 6) is 1.38. The van der Waals surface area contributed by atoms with E-state index in [1.165, 1.54) is 4.68 Å². The van der Waals surface area contributed by atoms with Crippen molar-refractivity contribution in [1.29, 1.82) is 0 Å². The van der Waals surface area contributed by atoms with E-state index in [1.807, 2.05) is 73.6 Å². The van der Waals surface area contributed by atoms with Crippen LogP contribution in [0.15, 0.2) is 79.5 Å². The van der Waals surface area contributed by atoms with Crippen molar-refractivity contribution in [2.75, 3.05) is 19.0 Å². The van der Waals surface area contributed by atoms with E-state index in [0.717, 1.165) is 32.2 Å². The molecule has 0 spiro atoms. The van der Waals surface area contributed by atoms with E-state index in [-0.39, 0.29) is 11.5 Å². The summed E-state index contributed by atoms with van der Waals surface area (Å²) >= 11 is 6.93. The molecule has 0 fully saturated rings. The van der Waals surface area contributed by atoms with Crippen LogP contribution in [-0.4, -0.2) is 30.0 Å². The molecule has 1 atom stereocenters. The van der Waals surface area contributed by atoms with Crippen molar-refractivity contribution in [3.8, 4) is 5.75 Å². The van der Waals surface area contributed by atoms with Gasteiger partial charge < -0.3 is 9.64 Å². The van der Waals surface area contributed by atoms with Crippen LogP contribution >= 0.6 is 31.9 Å². The van der Waals surface area contributed by atoms with E-state index in [2.05, 4.69) is 50.8 Å². The summed E-state index contributed by atoms with van der Waals surface area (Å²) in [5.41, 5.74) is 3.30. The van der Waals surface area contributed by atoms with Crippen LogP contribution in [-0.2, 0) is 6.61 Å². The third-order valence-corrected chi connectivity index (χ3v) is 7.04. The lowest BCUT2D eigenvalue weighted by molar-refractivity contribution is 0.306. The molecule has 0 amide bonds. The molecule has 8 heteroatoms. The molecule has 4 aromatic rings. The third kappa shape index (κ3) is 5.87. The van der Waals surface area contributed by atoms with E-state index in [0.29, 0.717) is 29.1 Å². The van der Waals surface area contributed by atoms with Crippen LogP contribution in [0, 0.1) is 0 Å². The maximum Gasteiger partial charge on any atom is 0.282 e. The molecule has 186 valence electrons. The molecule has 0 bridgehead atoms. The zero-order valence-electron chi connectivity index (χ0n) is 20.7. The summed E-state index contributed by atoms with van der Waals surface area (Å²) in [7, 11) is 3.97. The molecule has 0 saturated carbocycles. The summed E-state index contributed by atoms with van der Waals surface area (Å²) in [6, 6.07) is 19.5. The number of nitrogens with zero attached hydrogens (tertiary/aromatic N) is 4. The molecule has 0 radical (unpaired) electrons. The molecule has 0 N–H and O–H groups in total. The lowest BCUT2D eigenvalue weighted by atomic mass is 10.1. The van der Waals surface area contributed by atoms with Gasteiger partial charge in [-0.2, -0.15) is 9.78 Å². The van der Waals surface area contributed by atoms with Crippen molar-refractivity contribution < 1.29 is 4.74 Å². The minimum absolute atomic E-state index is 0.0622. The van der Waals surface area contributed by atoms with Gasteiger partial charge in [-0.1, -0.05) is 57.8 Å². The van der Waals surface area contributed by atoms with Gasteiger partial charge in [0.25, 0.3) is 5.56 Å². The van der Waals surface area contributed by atoms with Crippen molar-refractivity contribution in [1.82, 2.24) is 9.66 Å². The first-order valence-corrected chi connectivity index (χ1v) is 13.3. The zero-order chi connectivity index (χ0) is 25.8. The van der Waals surface area contributed by atoms with Gasteiger partial charge >= 0.3 is 0 Å². The highest BCUT2D eigenvalue weighted by Crippen LogP contribution is 2.26. The number of aromatic nitrogens is 2. The van der Waals surface area contributed by atoms with Crippen LogP contribution in [0.1, 0.15) is 43.1 Å². The Labute approximate surface area is 227 Å². The van der Waals surface area contributed by atoms with Crippen LogP contribution in [0.4, 0.5) is 5.69 Å². The number of ether oxygens (including phenoxy) is 1. The molecule has 6 nitrogen and oxygen atoms in total. The van der Waals surface area contributed by atoms with Crippen LogP contribution in [0.3, 0.4) is 0 Å². The van der Waals surface area contributed by atoms with Crippen molar-refractivity contribution >= 4 is 54.7 Å². The fourth-order valence-corrected chi connectivity index (χ4v) is 4.30. The third-order valence-electron chi connectivity index (χ3n) is 6.02. The molecule has 4 rings (SSSR count). The normalized spacial score (nSPS) is 12.3. The first-order valence-electron chi connectivity index (χ1n) is 11.7. The highest BCUT2D eigenvalue weighted by Gasteiger charge is 2.16. The maximum atomic E-state index is 13.5. The first kappa shape index (κ1) is 26.1. The Morgan fingerprint density at radius 3 is 2.47 bits per heavy atom. The Kier molecular flexibility index (Phi) is 8.26.